The Bertz CT molecular complexity index is 454. The van der Waals surface area contributed by atoms with Gasteiger partial charge in [-0.3, -0.25) is 4.90 Å². The predicted molar refractivity (Wildman–Crippen MR) is 89.9 cm³/mol. The Hall–Kier alpha value is -1.64. The largest absolute Gasteiger partial charge is 0.328 e. The highest BCUT2D eigenvalue weighted by atomic mass is 15.1. The van der Waals surface area contributed by atoms with Crippen molar-refractivity contribution in [2.24, 2.45) is 5.73 Å². The molecule has 2 nitrogen and oxygen atoms in total. The lowest BCUT2D eigenvalue weighted by Gasteiger charge is -2.24. The fraction of sp³-hybridized carbons (Fsp3) is 0.368. The van der Waals surface area contributed by atoms with Gasteiger partial charge in [-0.15, -0.1) is 0 Å². The predicted octanol–water partition coefficient (Wildman–Crippen LogP) is 3.82. The Kier molecular flexibility index (Phi) is 6.45. The Morgan fingerprint density at radius 1 is 0.857 bits per heavy atom. The summed E-state index contributed by atoms with van der Waals surface area (Å²) < 4.78 is 0. The Morgan fingerprint density at radius 3 is 1.76 bits per heavy atom. The lowest BCUT2D eigenvalue weighted by Crippen LogP contribution is -2.29. The van der Waals surface area contributed by atoms with Gasteiger partial charge in [0.15, 0.2) is 0 Å². The first-order valence-electron chi connectivity index (χ1n) is 7.83. The zero-order valence-corrected chi connectivity index (χ0v) is 12.9. The summed E-state index contributed by atoms with van der Waals surface area (Å²) in [6, 6.07) is 21.6. The summed E-state index contributed by atoms with van der Waals surface area (Å²) in [5.74, 6) is 0. The molecule has 0 saturated carbocycles. The maximum absolute atomic E-state index is 6.08. The molecule has 0 heterocycles. The molecule has 0 amide bonds. The van der Waals surface area contributed by atoms with Crippen molar-refractivity contribution in [3.63, 3.8) is 0 Å². The zero-order chi connectivity index (χ0) is 14.9. The van der Waals surface area contributed by atoms with Crippen LogP contribution < -0.4 is 5.73 Å². The summed E-state index contributed by atoms with van der Waals surface area (Å²) in [5, 5.41) is 0. The number of nitrogens with zero attached hydrogens (tertiary/aromatic N) is 1. The standard InChI is InChI=1S/C19H26N2/c1-2-19(20)13-14-21(15-17-9-5-3-6-10-17)16-18-11-7-4-8-12-18/h3-12,19H,2,13-16,20H2,1H3. The maximum Gasteiger partial charge on any atom is 0.0237 e. The van der Waals surface area contributed by atoms with Gasteiger partial charge in [-0.05, 0) is 24.0 Å². The molecule has 2 N–H and O–H groups in total. The van der Waals surface area contributed by atoms with E-state index in [1.54, 1.807) is 0 Å². The molecule has 2 heteroatoms. The number of nitrogens with two attached hydrogens (primary N) is 1. The summed E-state index contributed by atoms with van der Waals surface area (Å²) >= 11 is 0. The fourth-order valence-electron chi connectivity index (χ4n) is 2.45. The zero-order valence-electron chi connectivity index (χ0n) is 12.9. The fourth-order valence-corrected chi connectivity index (χ4v) is 2.45. The first-order valence-corrected chi connectivity index (χ1v) is 7.83. The average Bonchev–Trinajstić information content (AvgIpc) is 2.54. The SMILES string of the molecule is CCC(N)CCN(Cc1ccccc1)Cc1ccccc1. The minimum atomic E-state index is 0.305. The van der Waals surface area contributed by atoms with Crippen LogP contribution in [-0.2, 0) is 13.1 Å². The molecule has 2 rings (SSSR count). The van der Waals surface area contributed by atoms with E-state index in [2.05, 4.69) is 72.5 Å². The van der Waals surface area contributed by atoms with Crippen molar-refractivity contribution >= 4 is 0 Å². The molecule has 2 aromatic carbocycles. The smallest absolute Gasteiger partial charge is 0.0237 e. The first-order chi connectivity index (χ1) is 10.3. The van der Waals surface area contributed by atoms with E-state index in [4.69, 9.17) is 5.73 Å². The molecule has 0 radical (unpaired) electrons. The Labute approximate surface area is 128 Å². The molecular formula is C19H26N2. The second-order valence-electron chi connectivity index (χ2n) is 5.64. The third kappa shape index (κ3) is 5.70. The summed E-state index contributed by atoms with van der Waals surface area (Å²) in [7, 11) is 0. The van der Waals surface area contributed by atoms with E-state index in [0.717, 1.165) is 32.5 Å². The highest BCUT2D eigenvalue weighted by Crippen LogP contribution is 2.11. The van der Waals surface area contributed by atoms with Gasteiger partial charge in [-0.2, -0.15) is 0 Å². The van der Waals surface area contributed by atoms with E-state index in [1.807, 2.05) is 0 Å². The van der Waals surface area contributed by atoms with Crippen molar-refractivity contribution in [2.45, 2.75) is 38.9 Å². The van der Waals surface area contributed by atoms with Crippen LogP contribution in [0.4, 0.5) is 0 Å². The van der Waals surface area contributed by atoms with Crippen molar-refractivity contribution < 1.29 is 0 Å². The molecule has 0 fully saturated rings. The summed E-state index contributed by atoms with van der Waals surface area (Å²) in [6.07, 6.45) is 2.10. The average molecular weight is 282 g/mol. The van der Waals surface area contributed by atoms with Crippen molar-refractivity contribution in [1.29, 1.82) is 0 Å². The minimum absolute atomic E-state index is 0.305. The molecule has 0 aromatic heterocycles. The quantitative estimate of drug-likeness (QED) is 0.797. The van der Waals surface area contributed by atoms with Crippen LogP contribution >= 0.6 is 0 Å². The van der Waals surface area contributed by atoms with E-state index in [9.17, 15) is 0 Å². The van der Waals surface area contributed by atoms with E-state index in [-0.39, 0.29) is 0 Å². The lowest BCUT2D eigenvalue weighted by atomic mass is 10.1. The van der Waals surface area contributed by atoms with Gasteiger partial charge in [0.2, 0.25) is 0 Å². The van der Waals surface area contributed by atoms with Crippen molar-refractivity contribution in [3.05, 3.63) is 71.8 Å². The number of hydrogen-bond donors (Lipinski definition) is 1. The monoisotopic (exact) mass is 282 g/mol. The van der Waals surface area contributed by atoms with Gasteiger partial charge in [-0.25, -0.2) is 0 Å². The molecule has 1 atom stereocenters. The lowest BCUT2D eigenvalue weighted by molar-refractivity contribution is 0.245. The van der Waals surface area contributed by atoms with Crippen molar-refractivity contribution in [2.75, 3.05) is 6.54 Å². The molecule has 2 aromatic rings. The van der Waals surface area contributed by atoms with Crippen LogP contribution in [0, 0.1) is 0 Å². The van der Waals surface area contributed by atoms with Crippen LogP contribution in [0.15, 0.2) is 60.7 Å². The van der Waals surface area contributed by atoms with Crippen LogP contribution in [0.3, 0.4) is 0 Å². The van der Waals surface area contributed by atoms with Crippen LogP contribution in [0.25, 0.3) is 0 Å². The second kappa shape index (κ2) is 8.60. The Morgan fingerprint density at radius 2 is 1.33 bits per heavy atom. The van der Waals surface area contributed by atoms with Gasteiger partial charge in [0.05, 0.1) is 0 Å². The minimum Gasteiger partial charge on any atom is -0.328 e. The molecular weight excluding hydrogens is 256 g/mol. The van der Waals surface area contributed by atoms with E-state index in [0.29, 0.717) is 6.04 Å². The molecule has 112 valence electrons. The molecule has 0 saturated heterocycles. The third-order valence-electron chi connectivity index (χ3n) is 3.84. The number of rotatable bonds is 8. The molecule has 0 aliphatic rings. The number of benzene rings is 2. The van der Waals surface area contributed by atoms with Crippen LogP contribution in [0.2, 0.25) is 0 Å². The maximum atomic E-state index is 6.08. The van der Waals surface area contributed by atoms with Gasteiger partial charge in [0, 0.05) is 25.7 Å². The highest BCUT2D eigenvalue weighted by Gasteiger charge is 2.09. The molecule has 21 heavy (non-hydrogen) atoms. The van der Waals surface area contributed by atoms with Gasteiger partial charge < -0.3 is 5.73 Å². The molecule has 0 aliphatic heterocycles. The van der Waals surface area contributed by atoms with Crippen molar-refractivity contribution in [3.8, 4) is 0 Å². The topological polar surface area (TPSA) is 29.3 Å². The molecule has 0 aliphatic carbocycles. The van der Waals surface area contributed by atoms with Crippen molar-refractivity contribution in [1.82, 2.24) is 4.90 Å². The third-order valence-corrected chi connectivity index (χ3v) is 3.84. The van der Waals surface area contributed by atoms with Gasteiger partial charge in [-0.1, -0.05) is 67.6 Å². The van der Waals surface area contributed by atoms with Crippen LogP contribution in [0.1, 0.15) is 30.9 Å². The van der Waals surface area contributed by atoms with Crippen LogP contribution in [0.5, 0.6) is 0 Å². The number of hydrogen-bond acceptors (Lipinski definition) is 2. The molecule has 1 unspecified atom stereocenters. The summed E-state index contributed by atoms with van der Waals surface area (Å²) in [6.45, 7) is 5.15. The van der Waals surface area contributed by atoms with E-state index in [1.165, 1.54) is 11.1 Å². The first kappa shape index (κ1) is 15.7. The highest BCUT2D eigenvalue weighted by molar-refractivity contribution is 5.17. The Balaban J connectivity index is 1.99. The second-order valence-corrected chi connectivity index (χ2v) is 5.64. The van der Waals surface area contributed by atoms with Gasteiger partial charge >= 0.3 is 0 Å². The normalized spacial score (nSPS) is 12.5. The molecule has 0 bridgehead atoms. The summed E-state index contributed by atoms with van der Waals surface area (Å²) in [5.41, 5.74) is 8.80. The van der Waals surface area contributed by atoms with E-state index < -0.39 is 0 Å². The van der Waals surface area contributed by atoms with Gasteiger partial charge in [0.1, 0.15) is 0 Å². The van der Waals surface area contributed by atoms with Crippen LogP contribution in [-0.4, -0.2) is 17.5 Å². The van der Waals surface area contributed by atoms with Gasteiger partial charge in [0.25, 0.3) is 0 Å². The molecule has 0 spiro atoms. The summed E-state index contributed by atoms with van der Waals surface area (Å²) in [4.78, 5) is 2.49. The van der Waals surface area contributed by atoms with E-state index >= 15 is 0 Å².